The minimum Gasteiger partial charge on any atom is -0.508 e. The highest BCUT2D eigenvalue weighted by molar-refractivity contribution is 6.29. The summed E-state index contributed by atoms with van der Waals surface area (Å²) in [5.41, 5.74) is 5.15. The Hall–Kier alpha value is -8.11. The summed E-state index contributed by atoms with van der Waals surface area (Å²) in [6.45, 7) is 5.40. The molecular weight excluding hydrogens is 1080 g/mol. The third-order valence-corrected chi connectivity index (χ3v) is 15.4. The van der Waals surface area contributed by atoms with Gasteiger partial charge in [-0.2, -0.15) is 0 Å². The molecule has 0 unspecified atom stereocenters. The summed E-state index contributed by atoms with van der Waals surface area (Å²) in [5, 5.41) is 63.1. The van der Waals surface area contributed by atoms with Crippen LogP contribution in [0.1, 0.15) is 115 Å². The van der Waals surface area contributed by atoms with Crippen molar-refractivity contribution < 1.29 is 73.2 Å². The average Bonchev–Trinajstić information content (AvgIpc) is 1.91. The number of hydrogen-bond donors (Lipinski definition) is 7. The van der Waals surface area contributed by atoms with Crippen LogP contribution in [-0.4, -0.2) is 157 Å². The molecule has 9 rings (SSSR count). The van der Waals surface area contributed by atoms with Gasteiger partial charge in [-0.25, -0.2) is 0 Å². The van der Waals surface area contributed by atoms with E-state index in [1.54, 1.807) is 37.3 Å². The first-order chi connectivity index (χ1) is 40.6. The van der Waals surface area contributed by atoms with Crippen molar-refractivity contribution in [3.63, 3.8) is 0 Å². The standard InChI is InChI=1S/C65H70N4O15/c1-5-47(41-10-7-6-8-11-41)59(42-15-19-45(71)20-16-42)43-17-21-46(22-18-43)81-27-25-69(3)24-26-80-28-29-82-68-36-40-14-23-54(72)52(30-40)64(77)67-38-66-53-33-58(83-39(2)61(53)74)84-56-35-65(78,57(73)37-70)34-44-31-50-51(32-49(44)56)63(76)60-48(62(50)75)12-9-13-55(60)79-4/h6-23,30-32,36,39,53,56,58,61,66,70-72,74,78H,5,24-29,33-35,37-38H2,1-4H3,(H,67,77)/b59-47+,68-36+/t39-,53-,56-,58-,61+,65-/m0/s1. The zero-order chi connectivity index (χ0) is 59.5. The zero-order valence-electron chi connectivity index (χ0n) is 47.3. The van der Waals surface area contributed by atoms with Crippen molar-refractivity contribution >= 4 is 40.6 Å². The summed E-state index contributed by atoms with van der Waals surface area (Å²) in [5.74, 6) is -1.42. The Kier molecular flexibility index (Phi) is 19.8. The number of allylic oxidation sites excluding steroid dienone is 1. The van der Waals surface area contributed by atoms with Crippen LogP contribution >= 0.6 is 0 Å². The van der Waals surface area contributed by atoms with Crippen LogP contribution in [0.5, 0.6) is 23.0 Å². The van der Waals surface area contributed by atoms with E-state index in [0.29, 0.717) is 43.0 Å². The normalized spacial score (nSPS) is 20.4. The molecule has 6 aromatic carbocycles. The maximum atomic E-state index is 14.0. The van der Waals surface area contributed by atoms with Crippen molar-refractivity contribution in [1.82, 2.24) is 15.5 Å². The van der Waals surface area contributed by atoms with Crippen LogP contribution in [0.2, 0.25) is 0 Å². The van der Waals surface area contributed by atoms with Gasteiger partial charge in [-0.05, 0) is 126 Å². The van der Waals surface area contributed by atoms with Crippen molar-refractivity contribution in [3.05, 3.63) is 189 Å². The fourth-order valence-corrected chi connectivity index (χ4v) is 10.9. The molecule has 0 aromatic heterocycles. The number of rotatable bonds is 25. The first-order valence-corrected chi connectivity index (χ1v) is 28.0. The average molecular weight is 1150 g/mol. The number of likely N-dealkylation sites (N-methyl/N-ethyl adjacent to an activating group) is 1. The molecule has 0 spiro atoms. The number of nitrogens with zero attached hydrogens (tertiary/aromatic N) is 2. The Morgan fingerprint density at radius 3 is 2.29 bits per heavy atom. The van der Waals surface area contributed by atoms with Crippen LogP contribution in [-0.2, 0) is 30.3 Å². The minimum atomic E-state index is -2.08. The molecule has 6 atom stereocenters. The zero-order valence-corrected chi connectivity index (χ0v) is 47.3. The number of Topliss-reactive ketones (excluding diaryl/α,β-unsaturated/α-hetero) is 1. The number of methoxy groups -OCH3 is 1. The van der Waals surface area contributed by atoms with Crippen LogP contribution in [0.25, 0.3) is 11.1 Å². The number of benzene rings is 6. The van der Waals surface area contributed by atoms with Gasteiger partial charge in [0.25, 0.3) is 5.91 Å². The Labute approximate surface area is 487 Å². The van der Waals surface area contributed by atoms with Gasteiger partial charge >= 0.3 is 0 Å². The molecule has 1 fully saturated rings. The molecule has 7 N–H and O–H groups in total. The molecule has 440 valence electrons. The fourth-order valence-electron chi connectivity index (χ4n) is 10.9. The van der Waals surface area contributed by atoms with E-state index in [0.717, 1.165) is 34.4 Å². The number of phenols is 2. The van der Waals surface area contributed by atoms with Gasteiger partial charge in [0.1, 0.15) is 48.4 Å². The molecule has 2 aliphatic carbocycles. The number of ketones is 3. The Morgan fingerprint density at radius 1 is 0.833 bits per heavy atom. The lowest BCUT2D eigenvalue weighted by Crippen LogP contribution is -2.56. The lowest BCUT2D eigenvalue weighted by molar-refractivity contribution is -0.249. The summed E-state index contributed by atoms with van der Waals surface area (Å²) in [4.78, 5) is 61.7. The molecular formula is C65H70N4O15. The molecule has 1 saturated heterocycles. The number of phenolic OH excluding ortho intramolecular Hbond substituents is 2. The molecule has 3 aliphatic rings. The molecule has 0 radical (unpaired) electrons. The monoisotopic (exact) mass is 1150 g/mol. The van der Waals surface area contributed by atoms with Gasteiger partial charge in [0.05, 0.1) is 62.6 Å². The molecule has 19 heteroatoms. The van der Waals surface area contributed by atoms with Gasteiger partial charge in [0.15, 0.2) is 23.6 Å². The van der Waals surface area contributed by atoms with Crippen molar-refractivity contribution in [2.75, 3.05) is 67.0 Å². The summed E-state index contributed by atoms with van der Waals surface area (Å²) < 4.78 is 29.8. The summed E-state index contributed by atoms with van der Waals surface area (Å²) in [7, 11) is 3.39. The number of oxime groups is 1. The maximum absolute atomic E-state index is 14.0. The summed E-state index contributed by atoms with van der Waals surface area (Å²) in [6, 6.07) is 37.1. The van der Waals surface area contributed by atoms with Crippen molar-refractivity contribution in [1.29, 1.82) is 0 Å². The quantitative estimate of drug-likeness (QED) is 0.0102. The van der Waals surface area contributed by atoms with E-state index in [1.807, 2.05) is 49.5 Å². The number of nitrogens with one attached hydrogen (secondary N) is 2. The Morgan fingerprint density at radius 2 is 1.56 bits per heavy atom. The predicted molar refractivity (Wildman–Crippen MR) is 312 cm³/mol. The Bertz CT molecular complexity index is 3390. The second-order valence-electron chi connectivity index (χ2n) is 21.0. The third kappa shape index (κ3) is 13.9. The van der Waals surface area contributed by atoms with Crippen molar-refractivity contribution in [3.8, 4) is 23.0 Å². The first kappa shape index (κ1) is 60.5. The van der Waals surface area contributed by atoms with Crippen molar-refractivity contribution in [2.24, 2.45) is 5.16 Å². The number of amides is 1. The van der Waals surface area contributed by atoms with Gasteiger partial charge < -0.3 is 64.3 Å². The smallest absolute Gasteiger partial charge is 0.256 e. The number of fused-ring (bicyclic) bond motifs is 3. The van der Waals surface area contributed by atoms with E-state index in [4.69, 9.17) is 28.5 Å². The molecule has 6 aromatic rings. The highest BCUT2D eigenvalue weighted by atomic mass is 16.7. The van der Waals surface area contributed by atoms with Gasteiger partial charge in [-0.1, -0.05) is 78.8 Å². The maximum Gasteiger partial charge on any atom is 0.256 e. The van der Waals surface area contributed by atoms with E-state index in [1.165, 1.54) is 49.2 Å². The van der Waals surface area contributed by atoms with Crippen molar-refractivity contribution in [2.45, 2.75) is 75.8 Å². The molecule has 1 aliphatic heterocycles. The highest BCUT2D eigenvalue weighted by Gasteiger charge is 2.47. The van der Waals surface area contributed by atoms with Crippen LogP contribution < -0.4 is 20.1 Å². The van der Waals surface area contributed by atoms with E-state index < -0.39 is 66.1 Å². The van der Waals surface area contributed by atoms with Crippen LogP contribution in [0, 0.1) is 0 Å². The molecule has 0 bridgehead atoms. The minimum absolute atomic E-state index is 0.0270. The van der Waals surface area contributed by atoms with Gasteiger partial charge in [0, 0.05) is 55.1 Å². The lowest BCUT2D eigenvalue weighted by Gasteiger charge is -2.42. The number of carbonyl (C=O) groups is 4. The number of hydrogen-bond acceptors (Lipinski definition) is 18. The van der Waals surface area contributed by atoms with Gasteiger partial charge in [-0.15, -0.1) is 0 Å². The number of aliphatic hydroxyl groups excluding tert-OH is 2. The van der Waals surface area contributed by atoms with E-state index in [-0.39, 0.29) is 84.2 Å². The summed E-state index contributed by atoms with van der Waals surface area (Å²) >= 11 is 0. The predicted octanol–water partition coefficient (Wildman–Crippen LogP) is 6.77. The van der Waals surface area contributed by atoms with E-state index >= 15 is 0 Å². The number of aliphatic hydroxyl groups is 3. The van der Waals surface area contributed by atoms with Crippen LogP contribution in [0.3, 0.4) is 0 Å². The highest BCUT2D eigenvalue weighted by Crippen LogP contribution is 2.44. The topological polar surface area (TPSA) is 264 Å². The molecule has 19 nitrogen and oxygen atoms in total. The fraction of sp³-hybridized carbons (Fsp3) is 0.338. The van der Waals surface area contributed by atoms with Gasteiger partial charge in [0.2, 0.25) is 0 Å². The Balaban J connectivity index is 0.712. The molecule has 84 heavy (non-hydrogen) atoms. The van der Waals surface area contributed by atoms with Crippen LogP contribution in [0.15, 0.2) is 133 Å². The SMILES string of the molecule is CC/C(=C(/c1ccc(O)cc1)c1ccc(OCCN(C)CCOCCO/N=C/c2ccc(O)c(C(=O)NCN[C@H]3C[C@H](O[C@H]4C[C@](O)(C(=O)CO)Cc5cc6c(cc54)C(=O)c4c(OC)cccc4C6=O)O[C@@H](C)[C@H]3O)c2)cc1)c1ccccc1. The number of aromatic hydroxyl groups is 2. The van der Waals surface area contributed by atoms with Gasteiger partial charge in [-0.3, -0.25) is 24.5 Å². The third-order valence-electron chi connectivity index (χ3n) is 15.4. The number of carbonyl (C=O) groups excluding carboxylic acids is 4. The van der Waals surface area contributed by atoms with E-state index in [9.17, 15) is 44.7 Å². The largest absolute Gasteiger partial charge is 0.508 e. The molecule has 1 heterocycles. The first-order valence-electron chi connectivity index (χ1n) is 28.0. The van der Waals surface area contributed by atoms with Crippen LogP contribution in [0.4, 0.5) is 0 Å². The second-order valence-corrected chi connectivity index (χ2v) is 21.0. The lowest BCUT2D eigenvalue weighted by atomic mass is 9.73. The van der Waals surface area contributed by atoms with E-state index in [2.05, 4.69) is 51.9 Å². The number of ether oxygens (including phenoxy) is 5. The molecule has 1 amide bonds. The summed E-state index contributed by atoms with van der Waals surface area (Å²) in [6.07, 6.45) is -2.29. The molecule has 0 saturated carbocycles. The second kappa shape index (κ2) is 27.5.